The first-order valence-corrected chi connectivity index (χ1v) is 11.1. The molecule has 6 nitrogen and oxygen atoms in total. The molecule has 1 aliphatic heterocycles. The Balaban J connectivity index is 1.53. The fourth-order valence-corrected chi connectivity index (χ4v) is 3.99. The zero-order valence-electron chi connectivity index (χ0n) is 19.1. The molecular formula is C27H28N2O4. The van der Waals surface area contributed by atoms with Crippen LogP contribution in [0.4, 0.5) is 0 Å². The fourth-order valence-electron chi connectivity index (χ4n) is 3.99. The molecule has 0 fully saturated rings. The summed E-state index contributed by atoms with van der Waals surface area (Å²) in [4.78, 5) is 19.6. The molecule has 2 aromatic carbocycles. The fraction of sp³-hybridized carbons (Fsp3) is 0.296. The van der Waals surface area contributed by atoms with Crippen LogP contribution in [0.2, 0.25) is 0 Å². The number of carboxylic acid groups (broad SMARTS) is 1. The average Bonchev–Trinajstić information content (AvgIpc) is 3.34. The first-order chi connectivity index (χ1) is 15.9. The second-order valence-corrected chi connectivity index (χ2v) is 8.67. The maximum absolute atomic E-state index is 11.1. The number of rotatable bonds is 8. The third-order valence-corrected chi connectivity index (χ3v) is 6.39. The molecule has 1 N–H and O–H groups in total. The number of aromatic nitrogens is 1. The molecule has 3 aromatic rings. The topological polar surface area (TPSA) is 81.0 Å². The minimum absolute atomic E-state index is 0.0743. The van der Waals surface area contributed by atoms with Gasteiger partial charge in [0.2, 0.25) is 5.90 Å². The third-order valence-electron chi connectivity index (χ3n) is 6.39. The number of aliphatic carboxylic acids is 1. The molecule has 170 valence electrons. The molecule has 6 heteroatoms. The van der Waals surface area contributed by atoms with Crippen LogP contribution in [0.3, 0.4) is 0 Å². The number of hydrogen-bond acceptors (Lipinski definition) is 5. The predicted octanol–water partition coefficient (Wildman–Crippen LogP) is 4.85. The van der Waals surface area contributed by atoms with Gasteiger partial charge < -0.3 is 14.6 Å². The normalized spacial score (nSPS) is 17.2. The summed E-state index contributed by atoms with van der Waals surface area (Å²) in [5.41, 5.74) is 3.80. The minimum Gasteiger partial charge on any atom is -0.487 e. The van der Waals surface area contributed by atoms with E-state index in [2.05, 4.69) is 55.0 Å². The zero-order valence-corrected chi connectivity index (χ0v) is 19.1. The minimum atomic E-state index is -0.971. The summed E-state index contributed by atoms with van der Waals surface area (Å²) in [6.45, 7) is 7.16. The van der Waals surface area contributed by atoms with Crippen LogP contribution in [-0.4, -0.2) is 34.6 Å². The van der Waals surface area contributed by atoms with Crippen LogP contribution in [0.1, 0.15) is 43.2 Å². The van der Waals surface area contributed by atoms with Crippen LogP contribution < -0.4 is 4.74 Å². The standard InChI is InChI=1S/C27H28N2O4/c1-18(2)27(3,20-9-7-19(8-10-20)25-29-24(17-33-25)26(30)31)21-11-13-23(14-12-21)32-16-22-6-4-5-15-28-22/h4-15,18,24H,16-17H2,1-3H3,(H,30,31)/t24-,27?/m1/s1. The molecule has 2 atom stereocenters. The van der Waals surface area contributed by atoms with Gasteiger partial charge in [0.15, 0.2) is 6.04 Å². The Morgan fingerprint density at radius 2 is 1.76 bits per heavy atom. The average molecular weight is 445 g/mol. The van der Waals surface area contributed by atoms with Gasteiger partial charge in [-0.25, -0.2) is 9.79 Å². The molecule has 2 heterocycles. The van der Waals surface area contributed by atoms with Gasteiger partial charge in [0.05, 0.1) is 5.69 Å². The Hall–Kier alpha value is -3.67. The second-order valence-electron chi connectivity index (χ2n) is 8.67. The summed E-state index contributed by atoms with van der Waals surface area (Å²) >= 11 is 0. The highest BCUT2D eigenvalue weighted by atomic mass is 16.5. The van der Waals surface area contributed by atoms with E-state index in [1.807, 2.05) is 42.5 Å². The Labute approximate surface area is 193 Å². The lowest BCUT2D eigenvalue weighted by Crippen LogP contribution is -2.30. The van der Waals surface area contributed by atoms with E-state index < -0.39 is 12.0 Å². The molecule has 1 aliphatic rings. The number of hydrogen-bond donors (Lipinski definition) is 1. The smallest absolute Gasteiger partial charge is 0.332 e. The van der Waals surface area contributed by atoms with Gasteiger partial charge >= 0.3 is 5.97 Å². The molecule has 1 unspecified atom stereocenters. The van der Waals surface area contributed by atoms with Gasteiger partial charge in [0.1, 0.15) is 19.0 Å². The molecule has 0 radical (unpaired) electrons. The number of benzene rings is 2. The molecule has 0 aliphatic carbocycles. The van der Waals surface area contributed by atoms with E-state index in [1.54, 1.807) is 6.20 Å². The Morgan fingerprint density at radius 1 is 1.09 bits per heavy atom. The van der Waals surface area contributed by atoms with Crippen molar-refractivity contribution < 1.29 is 19.4 Å². The van der Waals surface area contributed by atoms with Crippen molar-refractivity contribution in [2.75, 3.05) is 6.61 Å². The maximum atomic E-state index is 11.1. The van der Waals surface area contributed by atoms with Crippen LogP contribution in [-0.2, 0) is 21.6 Å². The number of aliphatic imine (C=N–C) groups is 1. The third kappa shape index (κ3) is 4.75. The van der Waals surface area contributed by atoms with Gasteiger partial charge in [0.25, 0.3) is 0 Å². The molecule has 0 bridgehead atoms. The SMILES string of the molecule is CC(C)C(C)(c1ccc(OCc2ccccn2)cc1)c1ccc(C2=N[C@@H](C(=O)O)CO2)cc1. The summed E-state index contributed by atoms with van der Waals surface area (Å²) in [6, 6.07) is 21.2. The summed E-state index contributed by atoms with van der Waals surface area (Å²) < 4.78 is 11.4. The second kappa shape index (κ2) is 9.45. The summed E-state index contributed by atoms with van der Waals surface area (Å²) in [6.07, 6.45) is 1.76. The molecule has 0 saturated carbocycles. The lowest BCUT2D eigenvalue weighted by atomic mass is 9.68. The van der Waals surface area contributed by atoms with Crippen molar-refractivity contribution in [2.45, 2.75) is 38.8 Å². The van der Waals surface area contributed by atoms with Crippen molar-refractivity contribution in [1.29, 1.82) is 0 Å². The molecule has 0 spiro atoms. The number of nitrogens with zero attached hydrogens (tertiary/aromatic N) is 2. The molecule has 4 rings (SSSR count). The van der Waals surface area contributed by atoms with Crippen LogP contribution in [0.25, 0.3) is 0 Å². The van der Waals surface area contributed by atoms with Crippen molar-refractivity contribution >= 4 is 11.9 Å². The van der Waals surface area contributed by atoms with E-state index in [-0.39, 0.29) is 12.0 Å². The lowest BCUT2D eigenvalue weighted by molar-refractivity contribution is -0.138. The van der Waals surface area contributed by atoms with Gasteiger partial charge in [-0.1, -0.05) is 51.1 Å². The van der Waals surface area contributed by atoms with Gasteiger partial charge in [-0.05, 0) is 53.4 Å². The number of ether oxygens (including phenoxy) is 2. The van der Waals surface area contributed by atoms with E-state index in [0.29, 0.717) is 18.4 Å². The summed E-state index contributed by atoms with van der Waals surface area (Å²) in [5.74, 6) is 0.548. The van der Waals surface area contributed by atoms with Gasteiger partial charge in [0, 0.05) is 17.2 Å². The van der Waals surface area contributed by atoms with E-state index >= 15 is 0 Å². The molecule has 33 heavy (non-hydrogen) atoms. The van der Waals surface area contributed by atoms with Crippen molar-refractivity contribution in [3.63, 3.8) is 0 Å². The molecule has 0 amide bonds. The summed E-state index contributed by atoms with van der Waals surface area (Å²) in [7, 11) is 0. The maximum Gasteiger partial charge on any atom is 0.332 e. The molecule has 1 aromatic heterocycles. The monoisotopic (exact) mass is 444 g/mol. The highest BCUT2D eigenvalue weighted by Gasteiger charge is 2.33. The Morgan fingerprint density at radius 3 is 2.30 bits per heavy atom. The summed E-state index contributed by atoms with van der Waals surface area (Å²) in [5, 5.41) is 9.13. The number of carbonyl (C=O) groups is 1. The van der Waals surface area contributed by atoms with E-state index in [1.165, 1.54) is 5.56 Å². The van der Waals surface area contributed by atoms with E-state index in [4.69, 9.17) is 14.6 Å². The molecular weight excluding hydrogens is 416 g/mol. The largest absolute Gasteiger partial charge is 0.487 e. The lowest BCUT2D eigenvalue weighted by Gasteiger charge is -2.35. The first kappa shape index (κ1) is 22.5. The van der Waals surface area contributed by atoms with Crippen molar-refractivity contribution in [1.82, 2.24) is 4.98 Å². The van der Waals surface area contributed by atoms with Crippen molar-refractivity contribution in [2.24, 2.45) is 10.9 Å². The Bertz CT molecular complexity index is 1130. The number of pyridine rings is 1. The van der Waals surface area contributed by atoms with Gasteiger partial charge in [-0.3, -0.25) is 4.98 Å². The zero-order chi connectivity index (χ0) is 23.4. The van der Waals surface area contributed by atoms with E-state index in [9.17, 15) is 4.79 Å². The van der Waals surface area contributed by atoms with Crippen LogP contribution in [0.5, 0.6) is 5.75 Å². The molecule has 0 saturated heterocycles. The van der Waals surface area contributed by atoms with Crippen LogP contribution in [0, 0.1) is 5.92 Å². The number of carboxylic acids is 1. The van der Waals surface area contributed by atoms with E-state index in [0.717, 1.165) is 22.6 Å². The van der Waals surface area contributed by atoms with Crippen molar-refractivity contribution in [3.05, 3.63) is 95.3 Å². The van der Waals surface area contributed by atoms with Gasteiger partial charge in [-0.2, -0.15) is 0 Å². The highest BCUT2D eigenvalue weighted by molar-refractivity contribution is 5.97. The Kier molecular flexibility index (Phi) is 6.45. The van der Waals surface area contributed by atoms with Gasteiger partial charge in [-0.15, -0.1) is 0 Å². The predicted molar refractivity (Wildman–Crippen MR) is 127 cm³/mol. The highest BCUT2D eigenvalue weighted by Crippen LogP contribution is 2.39. The van der Waals surface area contributed by atoms with Crippen LogP contribution >= 0.6 is 0 Å². The van der Waals surface area contributed by atoms with Crippen LogP contribution in [0.15, 0.2) is 77.9 Å². The van der Waals surface area contributed by atoms with Crippen molar-refractivity contribution in [3.8, 4) is 5.75 Å². The quantitative estimate of drug-likeness (QED) is 0.537. The first-order valence-electron chi connectivity index (χ1n) is 11.1.